The summed E-state index contributed by atoms with van der Waals surface area (Å²) in [5.74, 6) is 0.238. The second-order valence-corrected chi connectivity index (χ2v) is 9.43. The van der Waals surface area contributed by atoms with E-state index in [0.717, 1.165) is 55.8 Å². The minimum Gasteiger partial charge on any atom is -0.480 e. The zero-order valence-electron chi connectivity index (χ0n) is 20.9. The number of aryl methyl sites for hydroxylation is 1. The lowest BCUT2D eigenvalue weighted by Crippen LogP contribution is -2.49. The first kappa shape index (κ1) is 25.2. The van der Waals surface area contributed by atoms with Gasteiger partial charge in [0, 0.05) is 52.2 Å². The Morgan fingerprint density at radius 3 is 2.51 bits per heavy atom. The predicted octanol–water partition coefficient (Wildman–Crippen LogP) is 2.60. The summed E-state index contributed by atoms with van der Waals surface area (Å²) in [7, 11) is 4.35. The maximum absolute atomic E-state index is 13.5. The molecule has 1 aliphatic carbocycles. The number of rotatable bonds is 5. The number of aromatic nitrogens is 5. The van der Waals surface area contributed by atoms with Gasteiger partial charge in [-0.3, -0.25) is 9.69 Å². The van der Waals surface area contributed by atoms with Gasteiger partial charge in [0.2, 0.25) is 5.88 Å². The molecule has 13 heteroatoms. The van der Waals surface area contributed by atoms with E-state index in [4.69, 9.17) is 4.74 Å². The number of carbonyl (C=O) groups is 1. The summed E-state index contributed by atoms with van der Waals surface area (Å²) >= 11 is 0. The van der Waals surface area contributed by atoms with Crippen LogP contribution in [0.3, 0.4) is 0 Å². The molecule has 0 radical (unpaired) electrons. The van der Waals surface area contributed by atoms with E-state index in [0.29, 0.717) is 17.6 Å². The van der Waals surface area contributed by atoms with Crippen LogP contribution < -0.4 is 15.0 Å². The van der Waals surface area contributed by atoms with E-state index in [1.54, 1.807) is 19.3 Å². The van der Waals surface area contributed by atoms with Crippen molar-refractivity contribution in [3.8, 4) is 5.88 Å². The summed E-state index contributed by atoms with van der Waals surface area (Å²) in [6, 6.07) is 4.00. The molecular weight excluding hydrogens is 489 g/mol. The predicted molar refractivity (Wildman–Crippen MR) is 130 cm³/mol. The molecule has 0 bridgehead atoms. The Labute approximate surface area is 211 Å². The lowest BCUT2D eigenvalue weighted by Gasteiger charge is -2.39. The lowest BCUT2D eigenvalue weighted by atomic mass is 10.1. The van der Waals surface area contributed by atoms with Crippen molar-refractivity contribution in [2.45, 2.75) is 37.4 Å². The molecule has 2 fully saturated rings. The van der Waals surface area contributed by atoms with Gasteiger partial charge in [-0.15, -0.1) is 0 Å². The number of alkyl halides is 3. The Balaban J connectivity index is 1.26. The normalized spacial score (nSPS) is 21.0. The molecule has 198 valence electrons. The smallest absolute Gasteiger partial charge is 0.436 e. The number of halogens is 3. The van der Waals surface area contributed by atoms with Crippen molar-refractivity contribution in [2.75, 3.05) is 45.2 Å². The first-order chi connectivity index (χ1) is 17.7. The number of hydrogen-bond acceptors (Lipinski definition) is 8. The van der Waals surface area contributed by atoms with Crippen LogP contribution in [0.15, 0.2) is 18.3 Å². The van der Waals surface area contributed by atoms with Crippen LogP contribution in [0.1, 0.15) is 47.2 Å². The van der Waals surface area contributed by atoms with E-state index in [2.05, 4.69) is 35.2 Å². The monoisotopic (exact) mass is 518 g/mol. The third-order valence-electron chi connectivity index (χ3n) is 7.30. The topological polar surface area (TPSA) is 101 Å². The van der Waals surface area contributed by atoms with Crippen LogP contribution in [0.5, 0.6) is 5.88 Å². The number of carbonyl (C=O) groups excluding carboxylic acids is 1. The van der Waals surface area contributed by atoms with Crippen molar-refractivity contribution >= 4 is 22.6 Å². The molecule has 2 unspecified atom stereocenters. The summed E-state index contributed by atoms with van der Waals surface area (Å²) in [6.45, 7) is 3.45. The number of ether oxygens (including phenoxy) is 1. The fraction of sp³-hybridized carbons (Fsp3) is 0.542. The van der Waals surface area contributed by atoms with Crippen molar-refractivity contribution in [3.05, 3.63) is 35.5 Å². The highest BCUT2D eigenvalue weighted by Crippen LogP contribution is 2.40. The number of amides is 1. The van der Waals surface area contributed by atoms with Crippen LogP contribution in [-0.4, -0.2) is 81.9 Å². The molecule has 1 N–H and O–H groups in total. The second-order valence-electron chi connectivity index (χ2n) is 9.43. The number of fused-ring (bicyclic) bond motifs is 1. The molecule has 0 aromatic carbocycles. The molecule has 2 aliphatic rings. The Bertz CT molecular complexity index is 1290. The SMILES string of the molecule is CNC(=O)c1ccc(N2CCN(C3CCC(c4nc(OC)c5c(C(F)(F)F)nn(C)c5n4)C3)CC2)cn1. The fourth-order valence-corrected chi connectivity index (χ4v) is 5.37. The van der Waals surface area contributed by atoms with Crippen LogP contribution in [0.25, 0.3) is 11.0 Å². The highest BCUT2D eigenvalue weighted by atomic mass is 19.4. The molecule has 1 saturated heterocycles. The first-order valence-corrected chi connectivity index (χ1v) is 12.2. The standard InChI is InChI=1S/C24H29F3N8O2/c1-28-22(36)17-7-6-16(13-29-17)35-10-8-34(9-11-35)15-5-4-14(12-15)20-30-21-18(23(31-20)37-3)19(24(25,26)27)32-33(21)2/h6-7,13-15H,4-5,8-12H2,1-3H3,(H,28,36). The summed E-state index contributed by atoms with van der Waals surface area (Å²) < 4.78 is 46.9. The van der Waals surface area contributed by atoms with Crippen molar-refractivity contribution in [1.29, 1.82) is 0 Å². The van der Waals surface area contributed by atoms with Gasteiger partial charge in [-0.1, -0.05) is 0 Å². The quantitative estimate of drug-likeness (QED) is 0.550. The van der Waals surface area contributed by atoms with Crippen LogP contribution in [0.2, 0.25) is 0 Å². The number of piperazine rings is 1. The minimum absolute atomic E-state index is 0.0343. The molecule has 10 nitrogen and oxygen atoms in total. The number of hydrogen-bond donors (Lipinski definition) is 1. The zero-order chi connectivity index (χ0) is 26.3. The molecular formula is C24H29F3N8O2. The highest BCUT2D eigenvalue weighted by Gasteiger charge is 2.40. The molecule has 37 heavy (non-hydrogen) atoms. The summed E-state index contributed by atoms with van der Waals surface area (Å²) in [5, 5.41) is 6.01. The molecule has 4 heterocycles. The molecule has 1 aliphatic heterocycles. The third-order valence-corrected chi connectivity index (χ3v) is 7.30. The number of methoxy groups -OCH3 is 1. The van der Waals surface area contributed by atoms with E-state index < -0.39 is 11.9 Å². The van der Waals surface area contributed by atoms with Gasteiger partial charge in [0.05, 0.1) is 19.0 Å². The van der Waals surface area contributed by atoms with E-state index in [1.807, 2.05) is 6.07 Å². The van der Waals surface area contributed by atoms with Gasteiger partial charge in [0.25, 0.3) is 5.91 Å². The van der Waals surface area contributed by atoms with Gasteiger partial charge in [-0.2, -0.15) is 23.3 Å². The van der Waals surface area contributed by atoms with Crippen LogP contribution in [0.4, 0.5) is 18.9 Å². The number of anilines is 1. The zero-order valence-corrected chi connectivity index (χ0v) is 20.9. The molecule has 3 aromatic heterocycles. The average Bonchev–Trinajstić information content (AvgIpc) is 3.53. The molecule has 3 aromatic rings. The Hall–Kier alpha value is -3.48. The second kappa shape index (κ2) is 9.77. The summed E-state index contributed by atoms with van der Waals surface area (Å²) in [5.41, 5.74) is 0.468. The Morgan fingerprint density at radius 1 is 1.14 bits per heavy atom. The van der Waals surface area contributed by atoms with Gasteiger partial charge in [0.1, 0.15) is 16.9 Å². The van der Waals surface area contributed by atoms with E-state index in [1.165, 1.54) is 14.2 Å². The minimum atomic E-state index is -4.62. The molecule has 5 rings (SSSR count). The van der Waals surface area contributed by atoms with Crippen molar-refractivity contribution in [1.82, 2.24) is 34.9 Å². The summed E-state index contributed by atoms with van der Waals surface area (Å²) in [6.07, 6.45) is -0.235. The summed E-state index contributed by atoms with van der Waals surface area (Å²) in [4.78, 5) is 29.6. The van der Waals surface area contributed by atoms with Gasteiger partial charge in [0.15, 0.2) is 11.3 Å². The Morgan fingerprint density at radius 2 is 1.89 bits per heavy atom. The van der Waals surface area contributed by atoms with Crippen LogP contribution >= 0.6 is 0 Å². The number of nitrogens with zero attached hydrogens (tertiary/aromatic N) is 7. The Kier molecular flexibility index (Phi) is 6.65. The molecule has 1 saturated carbocycles. The number of nitrogens with one attached hydrogen (secondary N) is 1. The van der Waals surface area contributed by atoms with Crippen LogP contribution in [-0.2, 0) is 13.2 Å². The van der Waals surface area contributed by atoms with Crippen molar-refractivity contribution < 1.29 is 22.7 Å². The lowest BCUT2D eigenvalue weighted by molar-refractivity contribution is -0.140. The van der Waals surface area contributed by atoms with Gasteiger partial charge < -0.3 is 15.0 Å². The molecule has 0 spiro atoms. The van der Waals surface area contributed by atoms with Crippen LogP contribution in [0, 0.1) is 0 Å². The fourth-order valence-electron chi connectivity index (χ4n) is 5.37. The van der Waals surface area contributed by atoms with E-state index >= 15 is 0 Å². The largest absolute Gasteiger partial charge is 0.480 e. The maximum Gasteiger partial charge on any atom is 0.436 e. The number of pyridine rings is 1. The van der Waals surface area contributed by atoms with Crippen molar-refractivity contribution in [3.63, 3.8) is 0 Å². The molecule has 2 atom stereocenters. The van der Waals surface area contributed by atoms with Gasteiger partial charge in [-0.25, -0.2) is 14.6 Å². The highest BCUT2D eigenvalue weighted by molar-refractivity contribution is 5.92. The van der Waals surface area contributed by atoms with Gasteiger partial charge in [-0.05, 0) is 31.4 Å². The average molecular weight is 519 g/mol. The first-order valence-electron chi connectivity index (χ1n) is 12.2. The van der Waals surface area contributed by atoms with Crippen molar-refractivity contribution in [2.24, 2.45) is 7.05 Å². The van der Waals surface area contributed by atoms with Gasteiger partial charge >= 0.3 is 6.18 Å². The van der Waals surface area contributed by atoms with E-state index in [9.17, 15) is 18.0 Å². The third kappa shape index (κ3) is 4.79. The maximum atomic E-state index is 13.5. The van der Waals surface area contributed by atoms with E-state index in [-0.39, 0.29) is 28.7 Å². The molecule has 1 amide bonds.